The van der Waals surface area contributed by atoms with Gasteiger partial charge in [0.05, 0.1) is 6.54 Å². The highest BCUT2D eigenvalue weighted by Gasteiger charge is 2.33. The van der Waals surface area contributed by atoms with E-state index >= 15 is 0 Å². The minimum Gasteiger partial charge on any atom is -0.304 e. The minimum absolute atomic E-state index is 0.0583. The van der Waals surface area contributed by atoms with E-state index in [1.807, 2.05) is 13.8 Å². The fourth-order valence-electron chi connectivity index (χ4n) is 1.57. The van der Waals surface area contributed by atoms with Gasteiger partial charge in [0.25, 0.3) is 0 Å². The molecule has 0 radical (unpaired) electrons. The van der Waals surface area contributed by atoms with Crippen LogP contribution < -0.4 is 5.32 Å². The Morgan fingerprint density at radius 1 is 1.06 bits per heavy atom. The maximum Gasteiger partial charge on any atom is 0.152 e. The second-order valence-corrected chi connectivity index (χ2v) is 6.58. The van der Waals surface area contributed by atoms with Crippen LogP contribution in [0.1, 0.15) is 61.8 Å². The van der Waals surface area contributed by atoms with Crippen LogP contribution in [0.25, 0.3) is 0 Å². The SMILES string of the molecule is CCC(C)(NCC(=O)C(C)(C)C(C)C)C(C)C. The fourth-order valence-corrected chi connectivity index (χ4v) is 1.57. The molecule has 102 valence electrons. The first-order valence-electron chi connectivity index (χ1n) is 6.86. The van der Waals surface area contributed by atoms with Crippen LogP contribution in [0.4, 0.5) is 0 Å². The van der Waals surface area contributed by atoms with E-state index < -0.39 is 0 Å². The number of nitrogens with one attached hydrogen (secondary N) is 1. The lowest BCUT2D eigenvalue weighted by Gasteiger charge is -2.36. The van der Waals surface area contributed by atoms with Crippen LogP contribution in [0.2, 0.25) is 0 Å². The predicted octanol–water partition coefficient (Wildman–Crippen LogP) is 3.65. The van der Waals surface area contributed by atoms with E-state index in [0.717, 1.165) is 6.42 Å². The minimum atomic E-state index is -0.237. The third-order valence-corrected chi connectivity index (χ3v) is 4.82. The van der Waals surface area contributed by atoms with Gasteiger partial charge in [-0.25, -0.2) is 0 Å². The van der Waals surface area contributed by atoms with Gasteiger partial charge in [0, 0.05) is 11.0 Å². The summed E-state index contributed by atoms with van der Waals surface area (Å²) in [5.74, 6) is 1.22. The molecule has 1 unspecified atom stereocenters. The summed E-state index contributed by atoms with van der Waals surface area (Å²) in [5, 5.41) is 3.46. The molecular weight excluding hydrogens is 210 g/mol. The van der Waals surface area contributed by atoms with Crippen molar-refractivity contribution in [2.24, 2.45) is 17.3 Å². The van der Waals surface area contributed by atoms with E-state index in [2.05, 4.69) is 46.9 Å². The highest BCUT2D eigenvalue weighted by Crippen LogP contribution is 2.27. The lowest BCUT2D eigenvalue weighted by molar-refractivity contribution is -0.128. The summed E-state index contributed by atoms with van der Waals surface area (Å²) < 4.78 is 0. The van der Waals surface area contributed by atoms with Gasteiger partial charge in [-0.1, -0.05) is 48.5 Å². The lowest BCUT2D eigenvalue weighted by Crippen LogP contribution is -2.50. The molecular formula is C15H31NO. The van der Waals surface area contributed by atoms with E-state index in [-0.39, 0.29) is 11.0 Å². The number of Topliss-reactive ketones (excluding diaryl/α,β-unsaturated/α-hetero) is 1. The van der Waals surface area contributed by atoms with Crippen molar-refractivity contribution in [1.82, 2.24) is 5.32 Å². The van der Waals surface area contributed by atoms with Gasteiger partial charge in [0.2, 0.25) is 0 Å². The molecule has 0 heterocycles. The zero-order valence-corrected chi connectivity index (χ0v) is 13.0. The van der Waals surface area contributed by atoms with Gasteiger partial charge in [-0.2, -0.15) is 0 Å². The maximum absolute atomic E-state index is 12.2. The van der Waals surface area contributed by atoms with Crippen LogP contribution in [0.5, 0.6) is 0 Å². The number of hydrogen-bond donors (Lipinski definition) is 1. The lowest BCUT2D eigenvalue weighted by atomic mass is 9.77. The van der Waals surface area contributed by atoms with Crippen LogP contribution in [0.15, 0.2) is 0 Å². The molecule has 0 aliphatic heterocycles. The van der Waals surface area contributed by atoms with Crippen LogP contribution in [-0.2, 0) is 4.79 Å². The van der Waals surface area contributed by atoms with Gasteiger partial charge < -0.3 is 5.32 Å². The topological polar surface area (TPSA) is 29.1 Å². The van der Waals surface area contributed by atoms with E-state index in [1.54, 1.807) is 0 Å². The number of carbonyl (C=O) groups is 1. The first-order chi connectivity index (χ1) is 7.58. The third kappa shape index (κ3) is 4.09. The van der Waals surface area contributed by atoms with Crippen LogP contribution in [-0.4, -0.2) is 17.9 Å². The molecule has 0 aliphatic rings. The maximum atomic E-state index is 12.2. The van der Waals surface area contributed by atoms with Gasteiger partial charge in [-0.3, -0.25) is 4.79 Å². The summed E-state index contributed by atoms with van der Waals surface area (Å²) in [4.78, 5) is 12.2. The fraction of sp³-hybridized carbons (Fsp3) is 0.933. The normalized spacial score (nSPS) is 16.4. The number of ketones is 1. The second kappa shape index (κ2) is 5.99. The zero-order chi connectivity index (χ0) is 13.9. The summed E-state index contributed by atoms with van der Waals surface area (Å²) in [6.07, 6.45) is 1.04. The Morgan fingerprint density at radius 2 is 1.53 bits per heavy atom. The number of rotatable bonds is 7. The van der Waals surface area contributed by atoms with Crippen molar-refractivity contribution >= 4 is 5.78 Å². The molecule has 0 bridgehead atoms. The highest BCUT2D eigenvalue weighted by atomic mass is 16.1. The van der Waals surface area contributed by atoms with E-state index in [9.17, 15) is 4.79 Å². The Labute approximate surface area is 108 Å². The molecule has 1 atom stereocenters. The molecule has 2 heteroatoms. The van der Waals surface area contributed by atoms with Crippen molar-refractivity contribution < 1.29 is 4.79 Å². The van der Waals surface area contributed by atoms with Crippen LogP contribution >= 0.6 is 0 Å². The second-order valence-electron chi connectivity index (χ2n) is 6.58. The first kappa shape index (κ1) is 16.6. The average Bonchev–Trinajstić information content (AvgIpc) is 2.24. The van der Waals surface area contributed by atoms with Gasteiger partial charge in [-0.05, 0) is 25.2 Å². The molecule has 1 N–H and O–H groups in total. The summed E-state index contributed by atoms with van der Waals surface area (Å²) in [6.45, 7) is 17.6. The van der Waals surface area contributed by atoms with Crippen molar-refractivity contribution in [3.05, 3.63) is 0 Å². The standard InChI is InChI=1S/C15H31NO/c1-9-15(8,12(4)5)16-10-13(17)14(6,7)11(2)3/h11-12,16H,9-10H2,1-8H3. The van der Waals surface area contributed by atoms with Gasteiger partial charge in [-0.15, -0.1) is 0 Å². The summed E-state index contributed by atoms with van der Waals surface area (Å²) in [5.41, 5.74) is -0.179. The molecule has 0 spiro atoms. The number of carbonyl (C=O) groups excluding carboxylic acids is 1. The molecule has 0 aromatic rings. The molecule has 0 rings (SSSR count). The molecule has 0 fully saturated rings. The molecule has 0 saturated carbocycles. The Bertz CT molecular complexity index is 256. The zero-order valence-electron chi connectivity index (χ0n) is 13.0. The molecule has 17 heavy (non-hydrogen) atoms. The molecule has 2 nitrogen and oxygen atoms in total. The molecule has 0 aliphatic carbocycles. The summed E-state index contributed by atoms with van der Waals surface area (Å²) in [6, 6.07) is 0. The molecule has 0 aromatic carbocycles. The van der Waals surface area contributed by atoms with Gasteiger partial charge >= 0.3 is 0 Å². The van der Waals surface area contributed by atoms with Crippen molar-refractivity contribution in [2.45, 2.75) is 67.3 Å². The first-order valence-corrected chi connectivity index (χ1v) is 6.86. The third-order valence-electron chi connectivity index (χ3n) is 4.82. The van der Waals surface area contributed by atoms with Crippen molar-refractivity contribution in [1.29, 1.82) is 0 Å². The van der Waals surface area contributed by atoms with E-state index in [0.29, 0.717) is 24.2 Å². The predicted molar refractivity (Wildman–Crippen MR) is 75.2 cm³/mol. The van der Waals surface area contributed by atoms with Crippen molar-refractivity contribution in [3.8, 4) is 0 Å². The monoisotopic (exact) mass is 241 g/mol. The molecule has 0 amide bonds. The van der Waals surface area contributed by atoms with Crippen LogP contribution in [0.3, 0.4) is 0 Å². The Hall–Kier alpha value is -0.370. The highest BCUT2D eigenvalue weighted by molar-refractivity contribution is 5.86. The Morgan fingerprint density at radius 3 is 1.82 bits per heavy atom. The van der Waals surface area contributed by atoms with Gasteiger partial charge in [0.1, 0.15) is 0 Å². The average molecular weight is 241 g/mol. The Balaban J connectivity index is 4.53. The number of hydrogen-bond acceptors (Lipinski definition) is 2. The van der Waals surface area contributed by atoms with Crippen molar-refractivity contribution in [3.63, 3.8) is 0 Å². The summed E-state index contributed by atoms with van der Waals surface area (Å²) in [7, 11) is 0. The quantitative estimate of drug-likeness (QED) is 0.737. The van der Waals surface area contributed by atoms with Gasteiger partial charge in [0.15, 0.2) is 5.78 Å². The van der Waals surface area contributed by atoms with E-state index in [1.165, 1.54) is 0 Å². The van der Waals surface area contributed by atoms with Crippen LogP contribution in [0, 0.1) is 17.3 Å². The van der Waals surface area contributed by atoms with E-state index in [4.69, 9.17) is 0 Å². The Kier molecular flexibility index (Phi) is 5.86. The summed E-state index contributed by atoms with van der Waals surface area (Å²) >= 11 is 0. The molecule has 0 aromatic heterocycles. The smallest absolute Gasteiger partial charge is 0.152 e. The van der Waals surface area contributed by atoms with Crippen molar-refractivity contribution in [2.75, 3.05) is 6.54 Å². The molecule has 0 saturated heterocycles. The largest absolute Gasteiger partial charge is 0.304 e.